The van der Waals surface area contributed by atoms with E-state index in [4.69, 9.17) is 4.42 Å². The maximum atomic E-state index is 13.3. The second-order valence-corrected chi connectivity index (χ2v) is 7.92. The number of alkyl halides is 3. The van der Waals surface area contributed by atoms with Crippen molar-refractivity contribution in [3.8, 4) is 0 Å². The van der Waals surface area contributed by atoms with E-state index in [2.05, 4.69) is 14.8 Å². The van der Waals surface area contributed by atoms with Crippen LogP contribution in [0.5, 0.6) is 0 Å². The fraction of sp³-hybridized carbons (Fsp3) is 0.571. The van der Waals surface area contributed by atoms with Crippen LogP contribution in [0.2, 0.25) is 0 Å². The highest BCUT2D eigenvalue weighted by molar-refractivity contribution is 5.48. The van der Waals surface area contributed by atoms with E-state index in [9.17, 15) is 13.2 Å². The first kappa shape index (κ1) is 20.2. The number of aryl methyl sites for hydroxylation is 1. The minimum Gasteiger partial charge on any atom is -0.465 e. The third-order valence-electron chi connectivity index (χ3n) is 5.95. The Hall–Kier alpha value is -2.06. The number of anilines is 1. The summed E-state index contributed by atoms with van der Waals surface area (Å²) in [6.07, 6.45) is -0.776. The number of piperidine rings is 1. The molecule has 5 nitrogen and oxygen atoms in total. The summed E-state index contributed by atoms with van der Waals surface area (Å²) in [6.45, 7) is 7.53. The number of aromatic nitrogens is 1. The van der Waals surface area contributed by atoms with Crippen molar-refractivity contribution in [1.29, 1.82) is 0 Å². The highest BCUT2D eigenvalue weighted by Crippen LogP contribution is 2.35. The average molecular weight is 408 g/mol. The fourth-order valence-electron chi connectivity index (χ4n) is 4.40. The normalized spacial score (nSPS) is 20.3. The summed E-state index contributed by atoms with van der Waals surface area (Å²) in [4.78, 5) is 10.6. The Bertz CT molecular complexity index is 806. The van der Waals surface area contributed by atoms with Gasteiger partial charge in [0.2, 0.25) is 0 Å². The van der Waals surface area contributed by atoms with Gasteiger partial charge < -0.3 is 9.32 Å². The second-order valence-electron chi connectivity index (χ2n) is 7.92. The number of halogens is 3. The molecule has 2 fully saturated rings. The van der Waals surface area contributed by atoms with E-state index >= 15 is 0 Å². The lowest BCUT2D eigenvalue weighted by Gasteiger charge is -2.43. The summed E-state index contributed by atoms with van der Waals surface area (Å²) >= 11 is 0. The van der Waals surface area contributed by atoms with Crippen molar-refractivity contribution in [1.82, 2.24) is 14.8 Å². The van der Waals surface area contributed by atoms with E-state index in [1.807, 2.05) is 19.1 Å². The average Bonchev–Trinajstić information content (AvgIpc) is 3.13. The Labute approximate surface area is 169 Å². The number of pyridine rings is 1. The van der Waals surface area contributed by atoms with Crippen LogP contribution < -0.4 is 4.90 Å². The second kappa shape index (κ2) is 8.36. The van der Waals surface area contributed by atoms with Gasteiger partial charge in [-0.3, -0.25) is 9.80 Å². The van der Waals surface area contributed by atoms with E-state index in [0.29, 0.717) is 19.1 Å². The quantitative estimate of drug-likeness (QED) is 0.769. The lowest BCUT2D eigenvalue weighted by Crippen LogP contribution is -2.53. The number of rotatable bonds is 4. The van der Waals surface area contributed by atoms with Crippen molar-refractivity contribution in [2.45, 2.75) is 38.5 Å². The van der Waals surface area contributed by atoms with Crippen molar-refractivity contribution >= 4 is 5.82 Å². The zero-order valence-corrected chi connectivity index (χ0v) is 16.7. The summed E-state index contributed by atoms with van der Waals surface area (Å²) in [7, 11) is 0. The van der Waals surface area contributed by atoms with E-state index in [-0.39, 0.29) is 5.82 Å². The predicted molar refractivity (Wildman–Crippen MR) is 105 cm³/mol. The molecule has 0 amide bonds. The van der Waals surface area contributed by atoms with Gasteiger partial charge in [0.15, 0.2) is 0 Å². The summed E-state index contributed by atoms with van der Waals surface area (Å²) in [6, 6.07) is 6.99. The number of hydrogen-bond donors (Lipinski definition) is 0. The summed E-state index contributed by atoms with van der Waals surface area (Å²) < 4.78 is 45.5. The van der Waals surface area contributed by atoms with Crippen LogP contribution in [0.3, 0.4) is 0 Å². The molecule has 158 valence electrons. The maximum Gasteiger partial charge on any atom is 0.419 e. The number of nitrogens with zero attached hydrogens (tertiary/aromatic N) is 4. The summed E-state index contributed by atoms with van der Waals surface area (Å²) in [5, 5.41) is 0. The molecule has 0 saturated carbocycles. The molecular formula is C21H27F3N4O. The highest BCUT2D eigenvalue weighted by Gasteiger charge is 2.37. The summed E-state index contributed by atoms with van der Waals surface area (Å²) in [5.41, 5.74) is -0.644. The fourth-order valence-corrected chi connectivity index (χ4v) is 4.40. The smallest absolute Gasteiger partial charge is 0.419 e. The Morgan fingerprint density at radius 2 is 1.76 bits per heavy atom. The van der Waals surface area contributed by atoms with Gasteiger partial charge in [-0.05, 0) is 44.0 Å². The number of hydrogen-bond acceptors (Lipinski definition) is 5. The molecule has 0 aromatic carbocycles. The van der Waals surface area contributed by atoms with Gasteiger partial charge in [-0.25, -0.2) is 4.98 Å². The molecule has 4 heterocycles. The molecule has 0 radical (unpaired) electrons. The Morgan fingerprint density at radius 3 is 2.38 bits per heavy atom. The molecule has 2 aromatic rings. The SMILES string of the molecule is Cc1ccc(CN2CCC(N3CCN(c4ncccc4C(F)(F)F)CC3)CC2)o1. The lowest BCUT2D eigenvalue weighted by molar-refractivity contribution is -0.137. The van der Waals surface area contributed by atoms with Crippen molar-refractivity contribution in [3.63, 3.8) is 0 Å². The van der Waals surface area contributed by atoms with Crippen molar-refractivity contribution < 1.29 is 17.6 Å². The molecular weight excluding hydrogens is 381 g/mol. The topological polar surface area (TPSA) is 35.8 Å². The molecule has 0 N–H and O–H groups in total. The third kappa shape index (κ3) is 4.75. The van der Waals surface area contributed by atoms with Crippen LogP contribution in [0.25, 0.3) is 0 Å². The van der Waals surface area contributed by atoms with Crippen LogP contribution in [0.1, 0.15) is 29.9 Å². The van der Waals surface area contributed by atoms with E-state index < -0.39 is 11.7 Å². The molecule has 0 unspecified atom stereocenters. The molecule has 4 rings (SSSR count). The maximum absolute atomic E-state index is 13.3. The molecule has 29 heavy (non-hydrogen) atoms. The number of furan rings is 1. The first-order valence-electron chi connectivity index (χ1n) is 10.2. The van der Waals surface area contributed by atoms with Gasteiger partial charge in [-0.1, -0.05) is 0 Å². The van der Waals surface area contributed by atoms with Gasteiger partial charge in [0.05, 0.1) is 12.1 Å². The molecule has 0 bridgehead atoms. The Kier molecular flexibility index (Phi) is 5.83. The third-order valence-corrected chi connectivity index (χ3v) is 5.95. The number of piperazine rings is 1. The van der Waals surface area contributed by atoms with Gasteiger partial charge in [0.1, 0.15) is 17.3 Å². The summed E-state index contributed by atoms with van der Waals surface area (Å²) in [5.74, 6) is 2.00. The Morgan fingerprint density at radius 1 is 1.03 bits per heavy atom. The zero-order valence-electron chi connectivity index (χ0n) is 16.7. The number of likely N-dealkylation sites (tertiary alicyclic amines) is 1. The van der Waals surface area contributed by atoms with Crippen LogP contribution in [0.4, 0.5) is 19.0 Å². The van der Waals surface area contributed by atoms with E-state index in [0.717, 1.165) is 63.2 Å². The molecule has 2 aliphatic heterocycles. The molecule has 0 atom stereocenters. The van der Waals surface area contributed by atoms with Crippen molar-refractivity contribution in [3.05, 3.63) is 47.5 Å². The van der Waals surface area contributed by atoms with Crippen LogP contribution >= 0.6 is 0 Å². The molecule has 2 saturated heterocycles. The molecule has 0 spiro atoms. The van der Waals surface area contributed by atoms with E-state index in [1.54, 1.807) is 4.90 Å². The van der Waals surface area contributed by atoms with Gasteiger partial charge >= 0.3 is 6.18 Å². The first-order valence-corrected chi connectivity index (χ1v) is 10.2. The van der Waals surface area contributed by atoms with Gasteiger partial charge in [-0.15, -0.1) is 0 Å². The predicted octanol–water partition coefficient (Wildman–Crippen LogP) is 3.79. The largest absolute Gasteiger partial charge is 0.465 e. The van der Waals surface area contributed by atoms with Crippen molar-refractivity contribution in [2.75, 3.05) is 44.2 Å². The van der Waals surface area contributed by atoms with Gasteiger partial charge in [-0.2, -0.15) is 13.2 Å². The minimum absolute atomic E-state index is 0.0585. The first-order chi connectivity index (χ1) is 13.9. The van der Waals surface area contributed by atoms with E-state index in [1.165, 1.54) is 12.3 Å². The van der Waals surface area contributed by atoms with Crippen LogP contribution in [0.15, 0.2) is 34.9 Å². The van der Waals surface area contributed by atoms with Crippen LogP contribution in [0, 0.1) is 6.92 Å². The Balaban J connectivity index is 1.29. The standard InChI is InChI=1S/C21H27F3N4O/c1-16-4-5-18(29-16)15-26-9-6-17(7-10-26)27-11-13-28(14-12-27)20-19(21(22,23)24)3-2-8-25-20/h2-5,8,17H,6-7,9-15H2,1H3. The van der Waals surface area contributed by atoms with Crippen LogP contribution in [-0.4, -0.2) is 60.1 Å². The van der Waals surface area contributed by atoms with Crippen LogP contribution in [-0.2, 0) is 12.7 Å². The van der Waals surface area contributed by atoms with Gasteiger partial charge in [0, 0.05) is 51.5 Å². The monoisotopic (exact) mass is 408 g/mol. The molecule has 2 aromatic heterocycles. The van der Waals surface area contributed by atoms with Gasteiger partial charge in [0.25, 0.3) is 0 Å². The van der Waals surface area contributed by atoms with Crippen molar-refractivity contribution in [2.24, 2.45) is 0 Å². The highest BCUT2D eigenvalue weighted by atomic mass is 19.4. The zero-order chi connectivity index (χ0) is 20.4. The molecule has 2 aliphatic rings. The molecule has 0 aliphatic carbocycles. The minimum atomic E-state index is -4.37. The lowest BCUT2D eigenvalue weighted by atomic mass is 10.0. The molecule has 8 heteroatoms.